The summed E-state index contributed by atoms with van der Waals surface area (Å²) in [6.45, 7) is 8.46. The number of fused-ring (bicyclic) bond motifs is 3. The molecule has 3 aliphatic carbocycles. The van der Waals surface area contributed by atoms with E-state index in [9.17, 15) is 20.3 Å². The van der Waals surface area contributed by atoms with Crippen LogP contribution in [0.3, 0.4) is 0 Å². The molecule has 0 unspecified atom stereocenters. The summed E-state index contributed by atoms with van der Waals surface area (Å²) in [6, 6.07) is 26.4. The first-order chi connectivity index (χ1) is 34.3. The Morgan fingerprint density at radius 1 is 0.957 bits per heavy atom. The van der Waals surface area contributed by atoms with E-state index < -0.39 is 22.7 Å². The van der Waals surface area contributed by atoms with Gasteiger partial charge < -0.3 is 34.2 Å². The molecule has 2 N–H and O–H groups in total. The minimum atomic E-state index is -1.41. The van der Waals surface area contributed by atoms with Crippen molar-refractivity contribution in [1.82, 2.24) is 9.80 Å². The maximum Gasteiger partial charge on any atom is 0.269 e. The third kappa shape index (κ3) is 11.1. The van der Waals surface area contributed by atoms with Crippen molar-refractivity contribution < 1.29 is 39.0 Å². The van der Waals surface area contributed by atoms with Gasteiger partial charge in [-0.1, -0.05) is 98.3 Å². The number of aliphatic hydroxyl groups excluding tert-OH is 2. The molecule has 5 aliphatic rings. The molecule has 13 heteroatoms. The van der Waals surface area contributed by atoms with E-state index in [1.807, 2.05) is 29.2 Å². The van der Waals surface area contributed by atoms with E-state index >= 15 is 4.79 Å². The van der Waals surface area contributed by atoms with Gasteiger partial charge in [0, 0.05) is 75.8 Å². The van der Waals surface area contributed by atoms with Gasteiger partial charge in [-0.3, -0.25) is 19.8 Å². The van der Waals surface area contributed by atoms with Gasteiger partial charge in [0.05, 0.1) is 23.2 Å². The fourth-order valence-corrected chi connectivity index (χ4v) is 12.0. The quantitative estimate of drug-likeness (QED) is 0.0216. The number of nitrogens with zero attached hydrogens (tertiary/aromatic N) is 4. The Morgan fingerprint density at radius 2 is 1.73 bits per heavy atom. The van der Waals surface area contributed by atoms with Crippen LogP contribution in [0.25, 0.3) is 10.8 Å². The lowest BCUT2D eigenvalue weighted by Gasteiger charge is -2.60. The van der Waals surface area contributed by atoms with Crippen LogP contribution in [-0.4, -0.2) is 94.4 Å². The van der Waals surface area contributed by atoms with Crippen molar-refractivity contribution in [3.8, 4) is 11.5 Å². The molecule has 4 aromatic rings. The minimum absolute atomic E-state index is 0.00375. The van der Waals surface area contributed by atoms with Crippen LogP contribution in [-0.2, 0) is 27.5 Å². The standard InChI is InChI=1S/C57H70N4O9/c1-2-33-68-57-53(60(54(64)27-22-40-12-3-4-13-40)38-44-17-11-16-42-14-5-6-18-47(42)44)37-51(58-69-39-41-20-23-45(24-21-41)61(65)66)49-35-43(15-7-9-31-62)48(19-8-10-32-63)55(56(49)57)50-36-46(25-26-52(50)70-57)67-34-30-59-28-29-59/h2,5-6,11,14,16-18,20-21,23-26,35-36,40,43,48,53,55-56,62-63H,1,3-4,7-10,12-13,15,19,22,27-34,37-39H2/t43-,48+,53-,55+,56+,57+/m0/s1. The lowest BCUT2D eigenvalue weighted by atomic mass is 9.55. The fraction of sp³-hybridized carbons (Fsp3) is 0.509. The Bertz CT molecular complexity index is 2500. The number of amides is 1. The second-order valence-electron chi connectivity index (χ2n) is 20.0. The topological polar surface area (TPSA) is 156 Å². The maximum atomic E-state index is 15.5. The molecule has 13 nitrogen and oxygen atoms in total. The average molecular weight is 955 g/mol. The number of benzene rings is 4. The van der Waals surface area contributed by atoms with Crippen molar-refractivity contribution in [3.63, 3.8) is 0 Å². The van der Waals surface area contributed by atoms with Crippen molar-refractivity contribution in [2.24, 2.45) is 28.8 Å². The summed E-state index contributed by atoms with van der Waals surface area (Å²) >= 11 is 0. The third-order valence-electron chi connectivity index (χ3n) is 15.6. The number of hydrogen-bond acceptors (Lipinski definition) is 11. The highest BCUT2D eigenvalue weighted by molar-refractivity contribution is 6.03. The largest absolute Gasteiger partial charge is 0.492 e. The molecule has 0 radical (unpaired) electrons. The Labute approximate surface area is 412 Å². The smallest absolute Gasteiger partial charge is 0.269 e. The molecule has 0 aromatic heterocycles. The van der Waals surface area contributed by atoms with Gasteiger partial charge in [0.2, 0.25) is 11.7 Å². The number of carbonyl (C=O) groups excluding carboxylic acids is 1. The van der Waals surface area contributed by atoms with Crippen LogP contribution in [0.4, 0.5) is 5.69 Å². The molecule has 9 rings (SSSR count). The highest BCUT2D eigenvalue weighted by atomic mass is 16.7. The first-order valence-electron chi connectivity index (χ1n) is 25.8. The fourth-order valence-electron chi connectivity index (χ4n) is 12.0. The van der Waals surface area contributed by atoms with Gasteiger partial charge in [0.25, 0.3) is 5.69 Å². The van der Waals surface area contributed by atoms with E-state index in [-0.39, 0.29) is 62.2 Å². The summed E-state index contributed by atoms with van der Waals surface area (Å²) < 4.78 is 21.4. The van der Waals surface area contributed by atoms with Crippen LogP contribution in [0.1, 0.15) is 106 Å². The summed E-state index contributed by atoms with van der Waals surface area (Å²) in [5.41, 5.74) is 4.41. The Balaban J connectivity index is 1.22. The molecule has 1 saturated heterocycles. The maximum absolute atomic E-state index is 15.5. The number of non-ortho nitro benzene ring substituents is 1. The number of allylic oxidation sites excluding steroid dienone is 1. The molecule has 6 atom stereocenters. The Morgan fingerprint density at radius 3 is 2.49 bits per heavy atom. The van der Waals surface area contributed by atoms with E-state index in [1.165, 1.54) is 25.0 Å². The summed E-state index contributed by atoms with van der Waals surface area (Å²) in [5, 5.41) is 38.8. The van der Waals surface area contributed by atoms with Gasteiger partial charge in [-0.2, -0.15) is 0 Å². The number of ether oxygens (including phenoxy) is 3. The molecule has 1 amide bonds. The number of oxime groups is 1. The van der Waals surface area contributed by atoms with Crippen LogP contribution >= 0.6 is 0 Å². The normalized spacial score (nSPS) is 24.3. The molecule has 0 bridgehead atoms. The summed E-state index contributed by atoms with van der Waals surface area (Å²) in [7, 11) is 0. The summed E-state index contributed by atoms with van der Waals surface area (Å²) in [6.07, 6.45) is 14.8. The predicted molar refractivity (Wildman–Crippen MR) is 270 cm³/mol. The molecule has 0 spiro atoms. The zero-order valence-corrected chi connectivity index (χ0v) is 40.5. The van der Waals surface area contributed by atoms with Crippen LogP contribution < -0.4 is 9.47 Å². The number of nitro groups is 1. The van der Waals surface area contributed by atoms with Crippen molar-refractivity contribution in [2.75, 3.05) is 46.1 Å². The monoisotopic (exact) mass is 955 g/mol. The van der Waals surface area contributed by atoms with Crippen molar-refractivity contribution in [1.29, 1.82) is 0 Å². The summed E-state index contributed by atoms with van der Waals surface area (Å²) in [4.78, 5) is 37.3. The average Bonchev–Trinajstić information content (AvgIpc) is 4.05. The van der Waals surface area contributed by atoms with Gasteiger partial charge in [-0.25, -0.2) is 0 Å². The van der Waals surface area contributed by atoms with Gasteiger partial charge >= 0.3 is 0 Å². The van der Waals surface area contributed by atoms with E-state index in [2.05, 4.69) is 54.0 Å². The molecule has 4 aromatic carbocycles. The van der Waals surface area contributed by atoms with E-state index in [1.54, 1.807) is 18.2 Å². The second-order valence-corrected chi connectivity index (χ2v) is 20.0. The van der Waals surface area contributed by atoms with Crippen LogP contribution in [0.15, 0.2) is 114 Å². The van der Waals surface area contributed by atoms with Gasteiger partial charge in [-0.15, -0.1) is 6.58 Å². The molecule has 2 saturated carbocycles. The number of carbonyl (C=O) groups is 1. The van der Waals surface area contributed by atoms with Crippen molar-refractivity contribution in [2.45, 2.75) is 114 Å². The first-order valence-corrected chi connectivity index (χ1v) is 25.8. The zero-order chi connectivity index (χ0) is 48.5. The zero-order valence-electron chi connectivity index (χ0n) is 40.5. The predicted octanol–water partition coefficient (Wildman–Crippen LogP) is 10.3. The lowest BCUT2D eigenvalue weighted by molar-refractivity contribution is -0.384. The molecule has 3 fully saturated rings. The van der Waals surface area contributed by atoms with E-state index in [4.69, 9.17) is 24.2 Å². The first kappa shape index (κ1) is 49.4. The van der Waals surface area contributed by atoms with Crippen LogP contribution in [0.2, 0.25) is 0 Å². The molecule has 70 heavy (non-hydrogen) atoms. The van der Waals surface area contributed by atoms with E-state index in [0.29, 0.717) is 49.8 Å². The van der Waals surface area contributed by atoms with Gasteiger partial charge in [0.1, 0.15) is 30.8 Å². The number of hydrogen-bond donors (Lipinski definition) is 2. The van der Waals surface area contributed by atoms with E-state index in [0.717, 1.165) is 103 Å². The van der Waals surface area contributed by atoms with Crippen LogP contribution in [0.5, 0.6) is 11.5 Å². The number of rotatable bonds is 25. The van der Waals surface area contributed by atoms with Crippen molar-refractivity contribution >= 4 is 28.1 Å². The van der Waals surface area contributed by atoms with Crippen molar-refractivity contribution in [3.05, 3.63) is 136 Å². The SMILES string of the molecule is C=CCO[C@@]12Oc3ccc(OCCN4CC4)cc3[C@H]3[C@H](CCCCO)[C@@H](CCCCO)C=C(C(=NOCc4ccc([N+](=O)[O-])cc4)C[C@@H]1N(Cc1cccc4ccccc14)C(=O)CCC1CCCC1)[C@H]32. The molecule has 2 aliphatic heterocycles. The third-order valence-corrected chi connectivity index (χ3v) is 15.6. The summed E-state index contributed by atoms with van der Waals surface area (Å²) in [5.74, 6) is 0.0314. The molecule has 2 heterocycles. The van der Waals surface area contributed by atoms with Gasteiger partial charge in [-0.05, 0) is 108 Å². The molecular formula is C57H70N4O9. The number of unbranched alkanes of at least 4 members (excludes halogenated alkanes) is 2. The van der Waals surface area contributed by atoms with Crippen LogP contribution in [0, 0.1) is 33.8 Å². The minimum Gasteiger partial charge on any atom is -0.492 e. The number of nitro benzene ring substituents is 1. The number of aliphatic hydroxyl groups is 2. The Hall–Kier alpha value is -5.60. The molecule has 372 valence electrons. The Kier molecular flexibility index (Phi) is 16.3. The van der Waals surface area contributed by atoms with Gasteiger partial charge in [0.15, 0.2) is 0 Å². The molecular weight excluding hydrogens is 885 g/mol. The highest BCUT2D eigenvalue weighted by Gasteiger charge is 2.65. The lowest BCUT2D eigenvalue weighted by Crippen LogP contribution is -2.70. The second kappa shape index (κ2) is 23.1. The highest BCUT2D eigenvalue weighted by Crippen LogP contribution is 2.62.